The molecule has 4 N–H and O–H groups in total. The number of carbonyl (C=O) groups excluding carboxylic acids is 1. The minimum Gasteiger partial charge on any atom is -0.504 e. The van der Waals surface area contributed by atoms with Gasteiger partial charge in [-0.05, 0) is 26.8 Å². The second-order valence-corrected chi connectivity index (χ2v) is 5.92. The van der Waals surface area contributed by atoms with Crippen LogP contribution in [-0.2, 0) is 4.74 Å². The Morgan fingerprint density at radius 3 is 2.57 bits per heavy atom. The SMILES string of the molecule is COc1cc(Cl)cc(C(CN)NC(=O)OC(C)(C)C)c1O. The van der Waals surface area contributed by atoms with Crippen LogP contribution in [0, 0.1) is 0 Å². The van der Waals surface area contributed by atoms with Gasteiger partial charge in [0, 0.05) is 23.2 Å². The van der Waals surface area contributed by atoms with Gasteiger partial charge in [-0.2, -0.15) is 0 Å². The zero-order valence-electron chi connectivity index (χ0n) is 12.6. The van der Waals surface area contributed by atoms with E-state index in [1.165, 1.54) is 19.2 Å². The van der Waals surface area contributed by atoms with Crippen molar-refractivity contribution in [3.63, 3.8) is 0 Å². The molecule has 1 amide bonds. The lowest BCUT2D eigenvalue weighted by Crippen LogP contribution is -2.37. The summed E-state index contributed by atoms with van der Waals surface area (Å²) in [5.74, 6) is 0.0929. The van der Waals surface area contributed by atoms with Crippen molar-refractivity contribution in [1.29, 1.82) is 0 Å². The number of alkyl carbamates (subject to hydrolysis) is 1. The average Bonchev–Trinajstić information content (AvgIpc) is 2.36. The van der Waals surface area contributed by atoms with Gasteiger partial charge in [-0.25, -0.2) is 4.79 Å². The van der Waals surface area contributed by atoms with E-state index in [1.54, 1.807) is 20.8 Å². The normalized spacial score (nSPS) is 12.7. The number of halogens is 1. The number of amides is 1. The van der Waals surface area contributed by atoms with Crippen LogP contribution in [0.3, 0.4) is 0 Å². The zero-order chi connectivity index (χ0) is 16.2. The number of rotatable bonds is 4. The molecule has 0 aliphatic heterocycles. The van der Waals surface area contributed by atoms with Crippen molar-refractivity contribution in [3.8, 4) is 11.5 Å². The first-order valence-electron chi connectivity index (χ1n) is 6.44. The van der Waals surface area contributed by atoms with Gasteiger partial charge < -0.3 is 25.6 Å². The summed E-state index contributed by atoms with van der Waals surface area (Å²) in [5.41, 5.74) is 5.40. The van der Waals surface area contributed by atoms with Gasteiger partial charge in [-0.1, -0.05) is 11.6 Å². The topological polar surface area (TPSA) is 93.8 Å². The van der Waals surface area contributed by atoms with Crippen LogP contribution in [0.2, 0.25) is 5.02 Å². The van der Waals surface area contributed by atoms with Gasteiger partial charge in [-0.15, -0.1) is 0 Å². The minimum absolute atomic E-state index is 0.0658. The Labute approximate surface area is 129 Å². The van der Waals surface area contributed by atoms with Gasteiger partial charge in [0.1, 0.15) is 5.60 Å². The van der Waals surface area contributed by atoms with E-state index in [4.69, 9.17) is 26.8 Å². The fraction of sp³-hybridized carbons (Fsp3) is 0.500. The predicted octanol–water partition coefficient (Wildman–Crippen LogP) is 2.58. The monoisotopic (exact) mass is 316 g/mol. The van der Waals surface area contributed by atoms with Crippen LogP contribution in [0.15, 0.2) is 12.1 Å². The van der Waals surface area contributed by atoms with Crippen LogP contribution < -0.4 is 15.8 Å². The molecule has 0 aromatic heterocycles. The second-order valence-electron chi connectivity index (χ2n) is 5.48. The molecule has 118 valence electrons. The van der Waals surface area contributed by atoms with Crippen LogP contribution in [0.25, 0.3) is 0 Å². The van der Waals surface area contributed by atoms with Crippen LogP contribution in [0.4, 0.5) is 4.79 Å². The molecule has 1 rings (SSSR count). The molecule has 0 saturated carbocycles. The number of nitrogens with two attached hydrogens (primary N) is 1. The Bertz CT molecular complexity index is 514. The highest BCUT2D eigenvalue weighted by Crippen LogP contribution is 2.36. The smallest absolute Gasteiger partial charge is 0.408 e. The Morgan fingerprint density at radius 2 is 2.10 bits per heavy atom. The largest absolute Gasteiger partial charge is 0.504 e. The molecule has 7 heteroatoms. The number of phenolic OH excluding ortho intramolecular Hbond substituents is 1. The molecular weight excluding hydrogens is 296 g/mol. The number of methoxy groups -OCH3 is 1. The number of ether oxygens (including phenoxy) is 2. The first-order chi connectivity index (χ1) is 9.67. The van der Waals surface area contributed by atoms with Gasteiger partial charge in [0.15, 0.2) is 11.5 Å². The number of hydrogen-bond acceptors (Lipinski definition) is 5. The molecule has 1 aromatic carbocycles. The van der Waals surface area contributed by atoms with Crippen molar-refractivity contribution in [2.45, 2.75) is 32.4 Å². The van der Waals surface area contributed by atoms with Crippen LogP contribution in [0.1, 0.15) is 32.4 Å². The van der Waals surface area contributed by atoms with E-state index in [2.05, 4.69) is 5.32 Å². The highest BCUT2D eigenvalue weighted by Gasteiger charge is 2.23. The van der Waals surface area contributed by atoms with Crippen molar-refractivity contribution in [3.05, 3.63) is 22.7 Å². The average molecular weight is 317 g/mol. The summed E-state index contributed by atoms with van der Waals surface area (Å²) in [7, 11) is 1.41. The number of nitrogens with one attached hydrogen (secondary N) is 1. The molecule has 0 aliphatic rings. The summed E-state index contributed by atoms with van der Waals surface area (Å²) in [6, 6.07) is 2.35. The molecule has 0 fully saturated rings. The molecule has 21 heavy (non-hydrogen) atoms. The molecule has 0 aliphatic carbocycles. The van der Waals surface area contributed by atoms with E-state index in [1.807, 2.05) is 0 Å². The van der Waals surface area contributed by atoms with Crippen molar-refractivity contribution >= 4 is 17.7 Å². The van der Waals surface area contributed by atoms with Crippen LogP contribution in [0.5, 0.6) is 11.5 Å². The maximum atomic E-state index is 11.8. The van der Waals surface area contributed by atoms with Crippen molar-refractivity contribution in [2.75, 3.05) is 13.7 Å². The summed E-state index contributed by atoms with van der Waals surface area (Å²) >= 11 is 5.97. The molecule has 6 nitrogen and oxygen atoms in total. The zero-order valence-corrected chi connectivity index (χ0v) is 13.3. The van der Waals surface area contributed by atoms with E-state index in [-0.39, 0.29) is 18.0 Å². The third kappa shape index (κ3) is 4.99. The molecule has 0 heterocycles. The summed E-state index contributed by atoms with van der Waals surface area (Å²) in [6.07, 6.45) is -0.628. The number of hydrogen-bond donors (Lipinski definition) is 3. The highest BCUT2D eigenvalue weighted by molar-refractivity contribution is 6.30. The van der Waals surface area contributed by atoms with Crippen LogP contribution >= 0.6 is 11.6 Å². The van der Waals surface area contributed by atoms with Gasteiger partial charge in [0.2, 0.25) is 0 Å². The number of benzene rings is 1. The lowest BCUT2D eigenvalue weighted by atomic mass is 10.1. The molecular formula is C14H21ClN2O4. The molecule has 0 saturated heterocycles. The Morgan fingerprint density at radius 1 is 1.48 bits per heavy atom. The van der Waals surface area contributed by atoms with Gasteiger partial charge in [0.05, 0.1) is 13.2 Å². The summed E-state index contributed by atoms with van der Waals surface area (Å²) in [6.45, 7) is 5.33. The maximum Gasteiger partial charge on any atom is 0.408 e. The van der Waals surface area contributed by atoms with Crippen LogP contribution in [-0.4, -0.2) is 30.5 Å². The number of phenols is 1. The molecule has 0 radical (unpaired) electrons. The summed E-state index contributed by atoms with van der Waals surface area (Å²) < 4.78 is 10.2. The lowest BCUT2D eigenvalue weighted by molar-refractivity contribution is 0.0505. The predicted molar refractivity (Wildman–Crippen MR) is 80.8 cm³/mol. The summed E-state index contributed by atoms with van der Waals surface area (Å²) in [5, 5.41) is 13.1. The minimum atomic E-state index is -0.646. The lowest BCUT2D eigenvalue weighted by Gasteiger charge is -2.24. The van der Waals surface area contributed by atoms with Gasteiger partial charge >= 0.3 is 6.09 Å². The Balaban J connectivity index is 3.00. The van der Waals surface area contributed by atoms with Gasteiger partial charge in [-0.3, -0.25) is 0 Å². The molecule has 1 unspecified atom stereocenters. The molecule has 0 spiro atoms. The third-order valence-electron chi connectivity index (χ3n) is 2.59. The van der Waals surface area contributed by atoms with E-state index >= 15 is 0 Å². The molecule has 0 bridgehead atoms. The van der Waals surface area contributed by atoms with E-state index < -0.39 is 17.7 Å². The Hall–Kier alpha value is -1.66. The fourth-order valence-electron chi connectivity index (χ4n) is 1.73. The second kappa shape index (κ2) is 6.87. The van der Waals surface area contributed by atoms with Gasteiger partial charge in [0.25, 0.3) is 0 Å². The highest BCUT2D eigenvalue weighted by atomic mass is 35.5. The van der Waals surface area contributed by atoms with E-state index in [0.717, 1.165) is 0 Å². The first-order valence-corrected chi connectivity index (χ1v) is 6.81. The van der Waals surface area contributed by atoms with Crippen molar-refractivity contribution in [1.82, 2.24) is 5.32 Å². The third-order valence-corrected chi connectivity index (χ3v) is 2.81. The number of carbonyl (C=O) groups is 1. The van der Waals surface area contributed by atoms with Crippen molar-refractivity contribution in [2.24, 2.45) is 5.73 Å². The molecule has 1 aromatic rings. The maximum absolute atomic E-state index is 11.8. The summed E-state index contributed by atoms with van der Waals surface area (Å²) in [4.78, 5) is 11.8. The molecule has 1 atom stereocenters. The quantitative estimate of drug-likeness (QED) is 0.793. The Kier molecular flexibility index (Phi) is 5.69. The fourth-order valence-corrected chi connectivity index (χ4v) is 1.95. The van der Waals surface area contributed by atoms with E-state index in [9.17, 15) is 9.90 Å². The van der Waals surface area contributed by atoms with E-state index in [0.29, 0.717) is 10.6 Å². The standard InChI is InChI=1S/C14H21ClN2O4/c1-14(2,3)21-13(19)17-10(7-16)9-5-8(15)6-11(20-4)12(9)18/h5-6,10,18H,7,16H2,1-4H3,(H,17,19). The van der Waals surface area contributed by atoms with Crippen molar-refractivity contribution < 1.29 is 19.4 Å². The number of aromatic hydroxyl groups is 1. The first kappa shape index (κ1) is 17.4.